The van der Waals surface area contributed by atoms with Crippen molar-refractivity contribution in [2.24, 2.45) is 0 Å². The molecular weight excluding hydrogens is 338 g/mol. The van der Waals surface area contributed by atoms with E-state index in [1.165, 1.54) is 9.47 Å². The van der Waals surface area contributed by atoms with Gasteiger partial charge in [-0.2, -0.15) is 0 Å². The minimum Gasteiger partial charge on any atom is -0.383 e. The number of nitrogens with two attached hydrogens (primary N) is 1. The first-order valence-corrected chi connectivity index (χ1v) is 8.50. The molecule has 25 heavy (non-hydrogen) atoms. The van der Waals surface area contributed by atoms with E-state index in [0.29, 0.717) is 11.7 Å². The number of aromatic amines is 1. The lowest BCUT2D eigenvalue weighted by Gasteiger charge is -2.23. The van der Waals surface area contributed by atoms with Crippen LogP contribution in [-0.4, -0.2) is 21.7 Å². The summed E-state index contributed by atoms with van der Waals surface area (Å²) in [7, 11) is 1.64. The van der Waals surface area contributed by atoms with Crippen molar-refractivity contribution in [2.45, 2.75) is 33.2 Å². The number of nitrogens with one attached hydrogen (secondary N) is 2. The second-order valence-corrected chi connectivity index (χ2v) is 6.19. The van der Waals surface area contributed by atoms with Crippen LogP contribution in [0.4, 0.5) is 17.2 Å². The lowest BCUT2D eigenvalue weighted by Crippen LogP contribution is -2.40. The Bertz CT molecular complexity index is 887. The fraction of sp³-hybridized carbons (Fsp3) is 0.353. The van der Waals surface area contributed by atoms with Gasteiger partial charge in [0.25, 0.3) is 5.56 Å². The molecule has 0 spiro atoms. The summed E-state index contributed by atoms with van der Waals surface area (Å²) in [6, 6.07) is 7.67. The first-order chi connectivity index (χ1) is 11.9. The summed E-state index contributed by atoms with van der Waals surface area (Å²) >= 11 is 5.40. The number of hydrogen-bond acceptors (Lipinski definition) is 4. The fourth-order valence-electron chi connectivity index (χ4n) is 2.45. The van der Waals surface area contributed by atoms with Crippen molar-refractivity contribution >= 4 is 34.5 Å². The van der Waals surface area contributed by atoms with Crippen LogP contribution in [0.1, 0.15) is 25.3 Å². The van der Waals surface area contributed by atoms with Gasteiger partial charge in [0.1, 0.15) is 11.5 Å². The summed E-state index contributed by atoms with van der Waals surface area (Å²) in [5, 5.41) is 3.41. The third kappa shape index (κ3) is 4.08. The summed E-state index contributed by atoms with van der Waals surface area (Å²) in [5.74, 6) is 0.110. The maximum absolute atomic E-state index is 12.3. The maximum Gasteiger partial charge on any atom is 0.330 e. The minimum atomic E-state index is -0.563. The van der Waals surface area contributed by atoms with Crippen LogP contribution < -0.4 is 27.2 Å². The number of thiocarbonyl (C=S) groups is 1. The largest absolute Gasteiger partial charge is 0.383 e. The van der Waals surface area contributed by atoms with Gasteiger partial charge in [-0.3, -0.25) is 14.3 Å². The van der Waals surface area contributed by atoms with Gasteiger partial charge < -0.3 is 16.0 Å². The van der Waals surface area contributed by atoms with Gasteiger partial charge in [-0.15, -0.1) is 0 Å². The van der Waals surface area contributed by atoms with Gasteiger partial charge in [0, 0.05) is 19.3 Å². The van der Waals surface area contributed by atoms with E-state index in [4.69, 9.17) is 18.0 Å². The summed E-state index contributed by atoms with van der Waals surface area (Å²) in [5.41, 5.74) is 7.05. The molecule has 0 radical (unpaired) electrons. The second kappa shape index (κ2) is 7.98. The highest BCUT2D eigenvalue weighted by atomic mass is 32.1. The lowest BCUT2D eigenvalue weighted by atomic mass is 10.2. The number of aryl methyl sites for hydroxylation is 1. The average Bonchev–Trinajstić information content (AvgIpc) is 2.56. The van der Waals surface area contributed by atoms with Crippen LogP contribution in [-0.2, 0) is 6.54 Å². The van der Waals surface area contributed by atoms with Crippen molar-refractivity contribution in [3.8, 4) is 0 Å². The molecule has 0 aliphatic rings. The fourth-order valence-corrected chi connectivity index (χ4v) is 2.65. The van der Waals surface area contributed by atoms with Crippen LogP contribution in [0.3, 0.4) is 0 Å². The van der Waals surface area contributed by atoms with Crippen molar-refractivity contribution in [1.82, 2.24) is 9.55 Å². The Labute approximate surface area is 151 Å². The number of rotatable bonds is 5. The summed E-state index contributed by atoms with van der Waals surface area (Å²) in [6.45, 7) is 4.41. The lowest BCUT2D eigenvalue weighted by molar-refractivity contribution is 0.605. The smallest absolute Gasteiger partial charge is 0.330 e. The predicted octanol–water partition coefficient (Wildman–Crippen LogP) is 2.06. The first-order valence-electron chi connectivity index (χ1n) is 8.09. The quantitative estimate of drug-likeness (QED) is 0.706. The minimum absolute atomic E-state index is 0.110. The molecule has 0 unspecified atom stereocenters. The Morgan fingerprint density at radius 2 is 2.04 bits per heavy atom. The van der Waals surface area contributed by atoms with Gasteiger partial charge in [-0.1, -0.05) is 31.5 Å². The Balaban J connectivity index is 2.36. The van der Waals surface area contributed by atoms with Crippen LogP contribution in [0.5, 0.6) is 0 Å². The van der Waals surface area contributed by atoms with E-state index in [9.17, 15) is 9.59 Å². The topological polar surface area (TPSA) is 96.2 Å². The number of anilines is 3. The molecule has 0 aliphatic carbocycles. The molecule has 8 heteroatoms. The summed E-state index contributed by atoms with van der Waals surface area (Å²) in [6.07, 6.45) is 1.69. The number of unbranched alkanes of at least 4 members (excludes halogenated alkanes) is 1. The summed E-state index contributed by atoms with van der Waals surface area (Å²) in [4.78, 5) is 28.1. The Morgan fingerprint density at radius 1 is 1.36 bits per heavy atom. The normalized spacial score (nSPS) is 10.5. The highest BCUT2D eigenvalue weighted by molar-refractivity contribution is 7.80. The van der Waals surface area contributed by atoms with Crippen LogP contribution in [0.15, 0.2) is 33.9 Å². The van der Waals surface area contributed by atoms with E-state index in [0.717, 1.165) is 24.1 Å². The van der Waals surface area contributed by atoms with Crippen molar-refractivity contribution in [3.05, 3.63) is 50.7 Å². The molecule has 0 aliphatic heterocycles. The molecule has 0 fully saturated rings. The zero-order chi connectivity index (χ0) is 18.6. The van der Waals surface area contributed by atoms with Crippen LogP contribution >= 0.6 is 12.2 Å². The van der Waals surface area contributed by atoms with Gasteiger partial charge in [-0.05, 0) is 37.2 Å². The Kier molecular flexibility index (Phi) is 5.97. The molecule has 1 aromatic heterocycles. The van der Waals surface area contributed by atoms with Gasteiger partial charge in [0.15, 0.2) is 5.11 Å². The van der Waals surface area contributed by atoms with E-state index in [1.54, 1.807) is 7.05 Å². The Hall–Kier alpha value is -2.61. The third-order valence-corrected chi connectivity index (χ3v) is 4.35. The number of benzene rings is 1. The predicted molar refractivity (Wildman–Crippen MR) is 106 cm³/mol. The number of H-pyrrole nitrogens is 1. The second-order valence-electron chi connectivity index (χ2n) is 5.80. The van der Waals surface area contributed by atoms with E-state index >= 15 is 0 Å². The van der Waals surface area contributed by atoms with Gasteiger partial charge >= 0.3 is 5.69 Å². The van der Waals surface area contributed by atoms with E-state index < -0.39 is 11.2 Å². The molecule has 4 N–H and O–H groups in total. The standard InChI is InChI=1S/C17H23N5O2S/c1-4-5-10-22-14(18)13(15(23)20-16(22)24)21(3)17(25)19-12-9-7-6-8-11(12)2/h6-9H,4-5,10,18H2,1-3H3,(H,19,25)(H,20,23,24). The highest BCUT2D eigenvalue weighted by Gasteiger charge is 2.19. The highest BCUT2D eigenvalue weighted by Crippen LogP contribution is 2.19. The van der Waals surface area contributed by atoms with Crippen molar-refractivity contribution in [3.63, 3.8) is 0 Å². The van der Waals surface area contributed by atoms with Gasteiger partial charge in [0.2, 0.25) is 0 Å². The molecule has 1 heterocycles. The van der Waals surface area contributed by atoms with Crippen molar-refractivity contribution < 1.29 is 0 Å². The van der Waals surface area contributed by atoms with Crippen molar-refractivity contribution in [1.29, 1.82) is 0 Å². The van der Waals surface area contributed by atoms with Gasteiger partial charge in [-0.25, -0.2) is 4.79 Å². The van der Waals surface area contributed by atoms with Gasteiger partial charge in [0.05, 0.1) is 0 Å². The maximum atomic E-state index is 12.3. The zero-order valence-corrected chi connectivity index (χ0v) is 15.4. The molecule has 0 saturated carbocycles. The Morgan fingerprint density at radius 3 is 2.68 bits per heavy atom. The molecule has 0 atom stereocenters. The molecule has 134 valence electrons. The first kappa shape index (κ1) is 18.7. The molecule has 2 rings (SSSR count). The number of hydrogen-bond donors (Lipinski definition) is 3. The molecule has 0 amide bonds. The van der Waals surface area contributed by atoms with Crippen LogP contribution in [0.2, 0.25) is 0 Å². The molecule has 2 aromatic rings. The third-order valence-electron chi connectivity index (χ3n) is 3.98. The molecule has 0 bridgehead atoms. The van der Waals surface area contributed by atoms with Crippen LogP contribution in [0.25, 0.3) is 0 Å². The number of nitrogen functional groups attached to an aromatic ring is 1. The number of nitrogens with zero attached hydrogens (tertiary/aromatic N) is 2. The molecule has 0 saturated heterocycles. The molecule has 7 nitrogen and oxygen atoms in total. The van der Waals surface area contributed by atoms with Crippen molar-refractivity contribution in [2.75, 3.05) is 23.0 Å². The SMILES string of the molecule is CCCCn1c(N)c(N(C)C(=S)Nc2ccccc2C)c(=O)[nH]c1=O. The zero-order valence-electron chi connectivity index (χ0n) is 14.6. The number of para-hydroxylation sites is 1. The molecule has 1 aromatic carbocycles. The van der Waals surface area contributed by atoms with Crippen LogP contribution in [0, 0.1) is 6.92 Å². The van der Waals surface area contributed by atoms with E-state index in [-0.39, 0.29) is 11.5 Å². The van der Waals surface area contributed by atoms with E-state index in [2.05, 4.69) is 10.3 Å². The average molecular weight is 361 g/mol. The number of aromatic nitrogens is 2. The molecular formula is C17H23N5O2S. The monoisotopic (exact) mass is 361 g/mol. The van der Waals surface area contributed by atoms with E-state index in [1.807, 2.05) is 38.1 Å². The summed E-state index contributed by atoms with van der Waals surface area (Å²) < 4.78 is 1.37.